The van der Waals surface area contributed by atoms with Crippen LogP contribution in [0.15, 0.2) is 61.3 Å². The van der Waals surface area contributed by atoms with E-state index in [1.165, 1.54) is 60.6 Å². The Kier molecular flexibility index (Phi) is 13.0. The van der Waals surface area contributed by atoms with E-state index in [9.17, 15) is 14.4 Å². The van der Waals surface area contributed by atoms with Gasteiger partial charge in [-0.3, -0.25) is 9.59 Å². The topological polar surface area (TPSA) is 158 Å². The van der Waals surface area contributed by atoms with Crippen LogP contribution < -0.4 is 10.6 Å². The number of amides is 3. The Morgan fingerprint density at radius 3 is 1.75 bits per heavy atom. The molecule has 13 nitrogen and oxygen atoms in total. The summed E-state index contributed by atoms with van der Waals surface area (Å²) >= 11 is 0. The predicted octanol–water partition coefficient (Wildman–Crippen LogP) is 9.01. The second-order valence-electron chi connectivity index (χ2n) is 19.1. The maximum Gasteiger partial charge on any atom is 0.407 e. The number of aromatic amines is 2. The summed E-state index contributed by atoms with van der Waals surface area (Å²) in [5.41, 5.74) is 9.72. The van der Waals surface area contributed by atoms with Crippen molar-refractivity contribution in [3.05, 3.63) is 84.0 Å². The van der Waals surface area contributed by atoms with Crippen molar-refractivity contribution in [1.82, 2.24) is 40.4 Å². The normalized spacial score (nSPS) is 20.4. The highest BCUT2D eigenvalue weighted by molar-refractivity contribution is 5.86. The molecule has 2 aliphatic heterocycles. The summed E-state index contributed by atoms with van der Waals surface area (Å²) in [5.74, 6) is 1.87. The van der Waals surface area contributed by atoms with Crippen LogP contribution in [0.1, 0.15) is 127 Å². The van der Waals surface area contributed by atoms with Gasteiger partial charge in [0, 0.05) is 18.7 Å². The quantitative estimate of drug-likeness (QED) is 0.0971. The smallest absolute Gasteiger partial charge is 0.407 e. The number of nitrogens with zero attached hydrogens (tertiary/aromatic N) is 4. The molecule has 2 aromatic heterocycles. The van der Waals surface area contributed by atoms with Crippen LogP contribution in [0.2, 0.25) is 0 Å². The van der Waals surface area contributed by atoms with Crippen molar-refractivity contribution in [2.24, 2.45) is 17.3 Å². The molecule has 13 heteroatoms. The Morgan fingerprint density at radius 2 is 1.19 bits per heavy atom. The highest BCUT2D eigenvalue weighted by Crippen LogP contribution is 2.53. The van der Waals surface area contributed by atoms with Gasteiger partial charge in [0.05, 0.1) is 50.1 Å². The first-order chi connectivity index (χ1) is 30.4. The fraction of sp³-hybridized carbons (Fsp3) is 0.540. The van der Waals surface area contributed by atoms with Crippen LogP contribution in [-0.4, -0.2) is 87.0 Å². The van der Waals surface area contributed by atoms with Crippen molar-refractivity contribution in [2.75, 3.05) is 27.3 Å². The molecular formula is C50H66N8O5. The Labute approximate surface area is 372 Å². The minimum Gasteiger partial charge on any atom is -0.483 e. The number of carbonyl (C=O) groups is 3. The van der Waals surface area contributed by atoms with Crippen LogP contribution in [0.4, 0.5) is 4.79 Å². The van der Waals surface area contributed by atoms with Gasteiger partial charge in [-0.2, -0.15) is 0 Å². The fourth-order valence-corrected chi connectivity index (χ4v) is 10.8. The van der Waals surface area contributed by atoms with Crippen molar-refractivity contribution < 1.29 is 23.9 Å². The molecule has 4 aliphatic rings. The third-order valence-electron chi connectivity index (χ3n) is 14.3. The van der Waals surface area contributed by atoms with Crippen LogP contribution >= 0.6 is 0 Å². The summed E-state index contributed by atoms with van der Waals surface area (Å²) in [5, 5.41) is 5.96. The van der Waals surface area contributed by atoms with Gasteiger partial charge in [-0.15, -0.1) is 0 Å². The van der Waals surface area contributed by atoms with Gasteiger partial charge < -0.3 is 39.9 Å². The zero-order chi connectivity index (χ0) is 44.4. The highest BCUT2D eigenvalue weighted by Gasteiger charge is 2.42. The lowest BCUT2D eigenvalue weighted by Gasteiger charge is -2.38. The van der Waals surface area contributed by atoms with Gasteiger partial charge in [-0.1, -0.05) is 76.9 Å². The number of rotatable bonds is 13. The lowest BCUT2D eigenvalue weighted by molar-refractivity contribution is -0.139. The molecule has 1 spiro atoms. The lowest BCUT2D eigenvalue weighted by atomic mass is 9.82. The minimum atomic E-state index is -0.685. The number of carbonyl (C=O) groups excluding carboxylic acids is 3. The maximum absolute atomic E-state index is 14.0. The van der Waals surface area contributed by atoms with Gasteiger partial charge in [0.25, 0.3) is 0 Å². The van der Waals surface area contributed by atoms with E-state index >= 15 is 0 Å². The molecule has 3 amide bonds. The standard InChI is InChI=1S/C50H66N8O5/c1-30(2)43(53-32(5)62-6)47(59)57-24-12-8-14-41(57)45-51-28-39(54-45)34-18-16-33(17-19-34)35-20-21-36(38-27-50(26-37(35)38)22-10-11-23-50)40-29-52-46(55-40)42-15-9-13-25-58(42)48(60)44(31(3)4)56-49(61)63-7/h16-21,28-31,41-44,53H,5,8-15,22-27H2,1-4,6-7H3,(H,51,54)(H,52,55)(H,56,61)/t41-,42-,43-,44-/m0/s1. The number of hydrogen-bond donors (Lipinski definition) is 4. The van der Waals surface area contributed by atoms with Crippen molar-refractivity contribution in [2.45, 2.75) is 129 Å². The van der Waals surface area contributed by atoms with E-state index in [0.29, 0.717) is 19.0 Å². The number of nitrogens with one attached hydrogen (secondary N) is 4. The first-order valence-corrected chi connectivity index (χ1v) is 23.2. The molecule has 2 aliphatic carbocycles. The van der Waals surface area contributed by atoms with Crippen LogP contribution in [0.3, 0.4) is 0 Å². The Hall–Kier alpha value is -5.59. The van der Waals surface area contributed by atoms with Gasteiger partial charge in [-0.25, -0.2) is 14.8 Å². The number of ether oxygens (including phenoxy) is 2. The molecule has 0 bridgehead atoms. The molecular weight excluding hydrogens is 793 g/mol. The fourth-order valence-electron chi connectivity index (χ4n) is 10.8. The lowest BCUT2D eigenvalue weighted by Crippen LogP contribution is -2.53. The average Bonchev–Trinajstić information content (AvgIpc) is 4.14. The summed E-state index contributed by atoms with van der Waals surface area (Å²) in [4.78, 5) is 61.1. The first kappa shape index (κ1) is 44.0. The number of hydrogen-bond acceptors (Lipinski definition) is 8. The molecule has 336 valence electrons. The second kappa shape index (κ2) is 18.6. The SMILES string of the molecule is C=C(N[C@H](C(=O)N1CCCC[C@H]1c1ncc(-c2ccc(-c3ccc(-c4cnc([C@@H]5CCCCN5C(=O)[C@@H](NC(=O)OC)C(C)C)[nH]4)c4c3CC3(CCCC3)C4)cc2)[nH]1)C(C)C)OC. The summed E-state index contributed by atoms with van der Waals surface area (Å²) in [6.07, 6.45) is 15.9. The van der Waals surface area contributed by atoms with E-state index < -0.39 is 18.2 Å². The number of methoxy groups -OCH3 is 2. The van der Waals surface area contributed by atoms with Crippen molar-refractivity contribution in [3.63, 3.8) is 0 Å². The summed E-state index contributed by atoms with van der Waals surface area (Å²) < 4.78 is 10.1. The van der Waals surface area contributed by atoms with Gasteiger partial charge >= 0.3 is 6.09 Å². The third-order valence-corrected chi connectivity index (χ3v) is 14.3. The number of imidazole rings is 2. The third kappa shape index (κ3) is 8.97. The van der Waals surface area contributed by atoms with Gasteiger partial charge in [0.1, 0.15) is 23.7 Å². The molecule has 0 radical (unpaired) electrons. The van der Waals surface area contributed by atoms with E-state index in [-0.39, 0.29) is 41.1 Å². The Morgan fingerprint density at radius 1 is 0.683 bits per heavy atom. The molecule has 2 aromatic carbocycles. The molecule has 8 rings (SSSR count). The highest BCUT2D eigenvalue weighted by atomic mass is 16.5. The number of piperidine rings is 2. The number of benzene rings is 2. The number of aromatic nitrogens is 4. The number of likely N-dealkylation sites (tertiary alicyclic amines) is 2. The summed E-state index contributed by atoms with van der Waals surface area (Å²) in [6.45, 7) is 13.1. The number of alkyl carbamates (subject to hydrolysis) is 1. The molecule has 63 heavy (non-hydrogen) atoms. The molecule has 2 saturated heterocycles. The predicted molar refractivity (Wildman–Crippen MR) is 244 cm³/mol. The Balaban J connectivity index is 1.04. The van der Waals surface area contributed by atoms with E-state index in [1.807, 2.05) is 49.9 Å². The number of H-pyrrole nitrogens is 2. The average molecular weight is 859 g/mol. The molecule has 4 aromatic rings. The number of fused-ring (bicyclic) bond motifs is 1. The van der Waals surface area contributed by atoms with Crippen LogP contribution in [0.25, 0.3) is 33.6 Å². The zero-order valence-electron chi connectivity index (χ0n) is 38.0. The van der Waals surface area contributed by atoms with E-state index in [1.54, 1.807) is 7.11 Å². The van der Waals surface area contributed by atoms with E-state index in [4.69, 9.17) is 19.4 Å². The maximum atomic E-state index is 14.0. The molecule has 0 unspecified atom stereocenters. The molecule has 4 N–H and O–H groups in total. The molecule has 4 heterocycles. The second-order valence-corrected chi connectivity index (χ2v) is 19.1. The van der Waals surface area contributed by atoms with Crippen molar-refractivity contribution in [1.29, 1.82) is 0 Å². The molecule has 3 fully saturated rings. The monoisotopic (exact) mass is 859 g/mol. The summed E-state index contributed by atoms with van der Waals surface area (Å²) in [7, 11) is 2.87. The summed E-state index contributed by atoms with van der Waals surface area (Å²) in [6, 6.07) is 11.9. The largest absolute Gasteiger partial charge is 0.483 e. The van der Waals surface area contributed by atoms with Crippen LogP contribution in [0, 0.1) is 17.3 Å². The van der Waals surface area contributed by atoms with Crippen LogP contribution in [-0.2, 0) is 31.9 Å². The Bertz CT molecular complexity index is 2290. The van der Waals surface area contributed by atoms with Gasteiger partial charge in [0.15, 0.2) is 5.88 Å². The van der Waals surface area contributed by atoms with Crippen LogP contribution in [0.5, 0.6) is 0 Å². The zero-order valence-corrected chi connectivity index (χ0v) is 38.0. The van der Waals surface area contributed by atoms with Crippen molar-refractivity contribution >= 4 is 17.9 Å². The molecule has 1 saturated carbocycles. The minimum absolute atomic E-state index is 0.0371. The molecule has 4 atom stereocenters. The van der Waals surface area contributed by atoms with Crippen molar-refractivity contribution in [3.8, 4) is 33.6 Å². The van der Waals surface area contributed by atoms with Gasteiger partial charge in [-0.05, 0) is 116 Å². The van der Waals surface area contributed by atoms with Gasteiger partial charge in [0.2, 0.25) is 11.8 Å². The van der Waals surface area contributed by atoms with E-state index in [2.05, 4.69) is 63.6 Å². The first-order valence-electron chi connectivity index (χ1n) is 23.2. The van der Waals surface area contributed by atoms with E-state index in [0.717, 1.165) is 80.0 Å².